The van der Waals surface area contributed by atoms with Gasteiger partial charge in [0.2, 0.25) is 0 Å². The van der Waals surface area contributed by atoms with E-state index in [1.165, 1.54) is 0 Å². The second-order valence-corrected chi connectivity index (χ2v) is 4.92. The van der Waals surface area contributed by atoms with E-state index in [1.54, 1.807) is 18.2 Å². The lowest BCUT2D eigenvalue weighted by molar-refractivity contribution is 0.102. The summed E-state index contributed by atoms with van der Waals surface area (Å²) < 4.78 is 0. The highest BCUT2D eigenvalue weighted by Crippen LogP contribution is 2.25. The number of carbonyl (C=O) groups excluding carboxylic acids is 1. The molecule has 1 amide bonds. The third-order valence-electron chi connectivity index (χ3n) is 2.78. The molecule has 0 atom stereocenters. The van der Waals surface area contributed by atoms with E-state index in [4.69, 9.17) is 23.2 Å². The summed E-state index contributed by atoms with van der Waals surface area (Å²) in [6.45, 7) is 2.06. The third-order valence-corrected chi connectivity index (χ3v) is 3.41. The van der Waals surface area contributed by atoms with Gasteiger partial charge in [-0.05, 0) is 36.2 Å². The van der Waals surface area contributed by atoms with Crippen LogP contribution in [0.3, 0.4) is 0 Å². The van der Waals surface area contributed by atoms with Crippen LogP contribution in [-0.2, 0) is 6.42 Å². The molecule has 2 nitrogen and oxygen atoms in total. The third kappa shape index (κ3) is 3.28. The second-order valence-electron chi connectivity index (χ2n) is 4.10. The monoisotopic (exact) mass is 293 g/mol. The quantitative estimate of drug-likeness (QED) is 0.865. The molecule has 0 aromatic heterocycles. The number of amides is 1. The van der Waals surface area contributed by atoms with Crippen molar-refractivity contribution in [3.05, 3.63) is 63.6 Å². The Bertz CT molecular complexity index is 591. The van der Waals surface area contributed by atoms with Crippen molar-refractivity contribution in [3.8, 4) is 0 Å². The lowest BCUT2D eigenvalue weighted by atomic mass is 10.1. The van der Waals surface area contributed by atoms with Gasteiger partial charge in [0.1, 0.15) is 0 Å². The summed E-state index contributed by atoms with van der Waals surface area (Å²) in [7, 11) is 0. The molecule has 0 aliphatic heterocycles. The van der Waals surface area contributed by atoms with E-state index < -0.39 is 0 Å². The number of halogens is 2. The minimum Gasteiger partial charge on any atom is -0.322 e. The van der Waals surface area contributed by atoms with Crippen LogP contribution in [0.5, 0.6) is 0 Å². The van der Waals surface area contributed by atoms with Gasteiger partial charge in [-0.2, -0.15) is 0 Å². The molecule has 2 aromatic carbocycles. The first-order valence-corrected chi connectivity index (χ1v) is 6.71. The maximum Gasteiger partial charge on any atom is 0.258 e. The van der Waals surface area contributed by atoms with Crippen LogP contribution in [0.1, 0.15) is 22.8 Å². The Labute approximate surface area is 122 Å². The van der Waals surface area contributed by atoms with Crippen molar-refractivity contribution < 1.29 is 4.79 Å². The van der Waals surface area contributed by atoms with E-state index in [0.717, 1.165) is 17.7 Å². The molecule has 2 rings (SSSR count). The Hall–Kier alpha value is -1.51. The van der Waals surface area contributed by atoms with Crippen LogP contribution in [0.25, 0.3) is 0 Å². The number of carbonyl (C=O) groups is 1. The highest BCUT2D eigenvalue weighted by atomic mass is 35.5. The average Bonchev–Trinajstić information content (AvgIpc) is 2.38. The summed E-state index contributed by atoms with van der Waals surface area (Å²) in [5, 5.41) is 3.49. The standard InChI is InChI=1S/C15H13Cl2NO/c1-2-10-5-3-6-11(9-10)18-15(19)14-12(16)7-4-8-13(14)17/h3-9H,2H2,1H3,(H,18,19). The van der Waals surface area contributed by atoms with Crippen LogP contribution >= 0.6 is 23.2 Å². The number of anilines is 1. The van der Waals surface area contributed by atoms with E-state index in [0.29, 0.717) is 15.6 Å². The molecule has 98 valence electrons. The highest BCUT2D eigenvalue weighted by molar-refractivity contribution is 6.40. The van der Waals surface area contributed by atoms with Crippen molar-refractivity contribution >= 4 is 34.8 Å². The molecule has 0 aliphatic carbocycles. The largest absolute Gasteiger partial charge is 0.322 e. The Kier molecular flexibility index (Phi) is 4.46. The highest BCUT2D eigenvalue weighted by Gasteiger charge is 2.14. The fourth-order valence-corrected chi connectivity index (χ4v) is 2.35. The van der Waals surface area contributed by atoms with Gasteiger partial charge in [0, 0.05) is 5.69 Å². The van der Waals surface area contributed by atoms with Crippen LogP contribution in [0, 0.1) is 0 Å². The summed E-state index contributed by atoms with van der Waals surface area (Å²) in [6.07, 6.45) is 0.913. The van der Waals surface area contributed by atoms with Gasteiger partial charge in [-0.1, -0.05) is 48.3 Å². The number of nitrogens with one attached hydrogen (secondary N) is 1. The van der Waals surface area contributed by atoms with Crippen molar-refractivity contribution in [1.29, 1.82) is 0 Å². The normalized spacial score (nSPS) is 10.3. The molecule has 0 radical (unpaired) electrons. The number of aryl methyl sites for hydroxylation is 1. The minimum atomic E-state index is -0.302. The summed E-state index contributed by atoms with van der Waals surface area (Å²) >= 11 is 12.0. The fourth-order valence-electron chi connectivity index (χ4n) is 1.78. The molecule has 4 heteroatoms. The summed E-state index contributed by atoms with van der Waals surface area (Å²) in [6, 6.07) is 12.7. The zero-order valence-electron chi connectivity index (χ0n) is 10.4. The lowest BCUT2D eigenvalue weighted by Crippen LogP contribution is -2.13. The van der Waals surface area contributed by atoms with Crippen LogP contribution in [0.4, 0.5) is 5.69 Å². The van der Waals surface area contributed by atoms with Crippen LogP contribution in [0.2, 0.25) is 10.0 Å². The van der Waals surface area contributed by atoms with Gasteiger partial charge in [0.05, 0.1) is 15.6 Å². The average molecular weight is 294 g/mol. The van der Waals surface area contributed by atoms with Gasteiger partial charge in [0.25, 0.3) is 5.91 Å². The molecule has 0 saturated carbocycles. The second kappa shape index (κ2) is 6.09. The van der Waals surface area contributed by atoms with E-state index in [1.807, 2.05) is 24.3 Å². The number of hydrogen-bond donors (Lipinski definition) is 1. The Balaban J connectivity index is 2.26. The number of hydrogen-bond acceptors (Lipinski definition) is 1. The molecule has 0 bridgehead atoms. The van der Waals surface area contributed by atoms with Crippen LogP contribution in [-0.4, -0.2) is 5.91 Å². The zero-order valence-corrected chi connectivity index (χ0v) is 11.9. The van der Waals surface area contributed by atoms with Gasteiger partial charge in [-0.3, -0.25) is 4.79 Å². The molecule has 0 heterocycles. The van der Waals surface area contributed by atoms with Crippen LogP contribution < -0.4 is 5.32 Å². The molecule has 2 aromatic rings. The lowest BCUT2D eigenvalue weighted by Gasteiger charge is -2.09. The van der Waals surface area contributed by atoms with Gasteiger partial charge < -0.3 is 5.32 Å². The van der Waals surface area contributed by atoms with Gasteiger partial charge in [-0.15, -0.1) is 0 Å². The first-order valence-electron chi connectivity index (χ1n) is 5.96. The molecule has 0 fully saturated rings. The Morgan fingerprint density at radius 1 is 1.11 bits per heavy atom. The van der Waals surface area contributed by atoms with Gasteiger partial charge >= 0.3 is 0 Å². The molecule has 0 aliphatic rings. The summed E-state index contributed by atoms with van der Waals surface area (Å²) in [4.78, 5) is 12.2. The van der Waals surface area contributed by atoms with Gasteiger partial charge in [0.15, 0.2) is 0 Å². The molecular formula is C15H13Cl2NO. The molecule has 19 heavy (non-hydrogen) atoms. The molecule has 0 unspecified atom stereocenters. The SMILES string of the molecule is CCc1cccc(NC(=O)c2c(Cl)cccc2Cl)c1. The summed E-state index contributed by atoms with van der Waals surface area (Å²) in [5.74, 6) is -0.302. The van der Waals surface area contributed by atoms with E-state index >= 15 is 0 Å². The van der Waals surface area contributed by atoms with Crippen molar-refractivity contribution in [3.63, 3.8) is 0 Å². The summed E-state index contributed by atoms with van der Waals surface area (Å²) in [5.41, 5.74) is 2.19. The van der Waals surface area contributed by atoms with E-state index in [-0.39, 0.29) is 5.91 Å². The van der Waals surface area contributed by atoms with E-state index in [2.05, 4.69) is 12.2 Å². The first kappa shape index (κ1) is 13.9. The van der Waals surface area contributed by atoms with Crippen molar-refractivity contribution in [2.24, 2.45) is 0 Å². The molecule has 1 N–H and O–H groups in total. The molecule has 0 saturated heterocycles. The minimum absolute atomic E-state index is 0.299. The fraction of sp³-hybridized carbons (Fsp3) is 0.133. The Morgan fingerprint density at radius 3 is 2.37 bits per heavy atom. The first-order chi connectivity index (χ1) is 9.11. The maximum absolute atomic E-state index is 12.2. The Morgan fingerprint density at radius 2 is 1.74 bits per heavy atom. The number of benzene rings is 2. The van der Waals surface area contributed by atoms with Crippen molar-refractivity contribution in [2.45, 2.75) is 13.3 Å². The number of rotatable bonds is 3. The van der Waals surface area contributed by atoms with E-state index in [9.17, 15) is 4.79 Å². The smallest absolute Gasteiger partial charge is 0.258 e. The van der Waals surface area contributed by atoms with Crippen molar-refractivity contribution in [1.82, 2.24) is 0 Å². The maximum atomic E-state index is 12.2. The topological polar surface area (TPSA) is 29.1 Å². The molecular weight excluding hydrogens is 281 g/mol. The van der Waals surface area contributed by atoms with Crippen molar-refractivity contribution in [2.75, 3.05) is 5.32 Å². The van der Waals surface area contributed by atoms with Gasteiger partial charge in [-0.25, -0.2) is 0 Å². The predicted molar refractivity (Wildman–Crippen MR) is 80.2 cm³/mol. The van der Waals surface area contributed by atoms with Crippen LogP contribution in [0.15, 0.2) is 42.5 Å². The zero-order chi connectivity index (χ0) is 13.8. The molecule has 0 spiro atoms. The predicted octanol–water partition coefficient (Wildman–Crippen LogP) is 4.81.